The lowest BCUT2D eigenvalue weighted by molar-refractivity contribution is -0.134. The lowest BCUT2D eigenvalue weighted by atomic mass is 9.81. The fourth-order valence-corrected chi connectivity index (χ4v) is 4.00. The average Bonchev–Trinajstić information content (AvgIpc) is 2.71. The van der Waals surface area contributed by atoms with E-state index in [4.69, 9.17) is 4.74 Å². The van der Waals surface area contributed by atoms with Crippen LogP contribution in [0.1, 0.15) is 43.2 Å². The molecule has 1 heterocycles. The van der Waals surface area contributed by atoms with Crippen LogP contribution in [0.3, 0.4) is 0 Å². The maximum Gasteiger partial charge on any atom is 0.327 e. The van der Waals surface area contributed by atoms with Gasteiger partial charge in [0.15, 0.2) is 0 Å². The van der Waals surface area contributed by atoms with Crippen molar-refractivity contribution in [2.75, 3.05) is 20.2 Å². The number of ether oxygens (including phenoxy) is 1. The van der Waals surface area contributed by atoms with Crippen LogP contribution in [0.15, 0.2) is 18.2 Å². The summed E-state index contributed by atoms with van der Waals surface area (Å²) in [6.45, 7) is 4.67. The van der Waals surface area contributed by atoms with Crippen molar-refractivity contribution in [3.05, 3.63) is 29.3 Å². The Labute approximate surface area is 143 Å². The van der Waals surface area contributed by atoms with Gasteiger partial charge in [0.2, 0.25) is 0 Å². The fraction of sp³-hybridized carbons (Fsp3) is 0.579. The van der Waals surface area contributed by atoms with Crippen molar-refractivity contribution in [1.29, 1.82) is 0 Å². The van der Waals surface area contributed by atoms with Crippen molar-refractivity contribution in [2.45, 2.75) is 51.5 Å². The number of carbonyl (C=O) groups is 2. The predicted octanol–water partition coefficient (Wildman–Crippen LogP) is 3.28. The van der Waals surface area contributed by atoms with E-state index in [1.165, 1.54) is 4.90 Å². The molecule has 0 bridgehead atoms. The van der Waals surface area contributed by atoms with E-state index in [1.807, 2.05) is 26.0 Å². The standard InChI is InChI=1S/C19H26N2O3/c1-14-11-15(2)13-16(12-14)24-10-9-21-17(22)19(20(3)18(21)23)7-5-4-6-8-19/h11-13H,4-10H2,1-3H3. The highest BCUT2D eigenvalue weighted by molar-refractivity contribution is 6.06. The second-order valence-electron chi connectivity index (χ2n) is 7.06. The number of amides is 3. The quantitative estimate of drug-likeness (QED) is 0.796. The van der Waals surface area contributed by atoms with E-state index in [1.54, 1.807) is 11.9 Å². The van der Waals surface area contributed by atoms with Crippen molar-refractivity contribution in [3.63, 3.8) is 0 Å². The van der Waals surface area contributed by atoms with Crippen LogP contribution in [-0.2, 0) is 4.79 Å². The van der Waals surface area contributed by atoms with Gasteiger partial charge in [0.05, 0.1) is 6.54 Å². The number of hydrogen-bond donors (Lipinski definition) is 0. The molecule has 1 aromatic carbocycles. The summed E-state index contributed by atoms with van der Waals surface area (Å²) in [7, 11) is 1.76. The zero-order chi connectivity index (χ0) is 17.3. The molecule has 0 aromatic heterocycles. The normalized spacial score (nSPS) is 20.1. The molecule has 3 rings (SSSR count). The molecule has 24 heavy (non-hydrogen) atoms. The summed E-state index contributed by atoms with van der Waals surface area (Å²) in [5.74, 6) is 0.742. The molecule has 0 atom stereocenters. The Morgan fingerprint density at radius 1 is 1.04 bits per heavy atom. The summed E-state index contributed by atoms with van der Waals surface area (Å²) in [4.78, 5) is 28.4. The lowest BCUT2D eigenvalue weighted by Gasteiger charge is -2.35. The third-order valence-corrected chi connectivity index (χ3v) is 5.26. The van der Waals surface area contributed by atoms with E-state index in [9.17, 15) is 9.59 Å². The topological polar surface area (TPSA) is 49.9 Å². The molecule has 3 amide bonds. The number of benzene rings is 1. The molecular weight excluding hydrogens is 304 g/mol. The van der Waals surface area contributed by atoms with Gasteiger partial charge in [0.1, 0.15) is 17.9 Å². The Hall–Kier alpha value is -2.04. The maximum absolute atomic E-state index is 12.9. The minimum Gasteiger partial charge on any atom is -0.492 e. The summed E-state index contributed by atoms with van der Waals surface area (Å²) in [6, 6.07) is 5.83. The van der Waals surface area contributed by atoms with Crippen molar-refractivity contribution >= 4 is 11.9 Å². The smallest absolute Gasteiger partial charge is 0.327 e. The molecule has 0 N–H and O–H groups in total. The van der Waals surface area contributed by atoms with E-state index < -0.39 is 5.54 Å². The van der Waals surface area contributed by atoms with E-state index in [-0.39, 0.29) is 11.9 Å². The van der Waals surface area contributed by atoms with Crippen LogP contribution in [0.2, 0.25) is 0 Å². The number of imide groups is 1. The zero-order valence-corrected chi connectivity index (χ0v) is 14.8. The molecule has 1 spiro atoms. The number of aryl methyl sites for hydroxylation is 2. The molecule has 1 aliphatic heterocycles. The molecular formula is C19H26N2O3. The van der Waals surface area contributed by atoms with Gasteiger partial charge < -0.3 is 9.64 Å². The van der Waals surface area contributed by atoms with E-state index >= 15 is 0 Å². The Balaban J connectivity index is 1.65. The van der Waals surface area contributed by atoms with Crippen LogP contribution >= 0.6 is 0 Å². The highest BCUT2D eigenvalue weighted by atomic mass is 16.5. The molecule has 0 unspecified atom stereocenters. The minimum absolute atomic E-state index is 0.0428. The van der Waals surface area contributed by atoms with Gasteiger partial charge in [-0.1, -0.05) is 25.3 Å². The Morgan fingerprint density at radius 3 is 2.29 bits per heavy atom. The first kappa shape index (κ1) is 16.8. The van der Waals surface area contributed by atoms with Crippen molar-refractivity contribution in [1.82, 2.24) is 9.80 Å². The summed E-state index contributed by atoms with van der Waals surface area (Å²) in [5.41, 5.74) is 1.67. The van der Waals surface area contributed by atoms with E-state index in [0.29, 0.717) is 13.2 Å². The van der Waals surface area contributed by atoms with Crippen molar-refractivity contribution in [2.24, 2.45) is 0 Å². The number of urea groups is 1. The molecule has 130 valence electrons. The lowest BCUT2D eigenvalue weighted by Crippen LogP contribution is -2.49. The van der Waals surface area contributed by atoms with Crippen LogP contribution in [0.5, 0.6) is 5.75 Å². The minimum atomic E-state index is -0.602. The summed E-state index contributed by atoms with van der Waals surface area (Å²) in [5, 5.41) is 0. The Kier molecular flexibility index (Phi) is 4.52. The van der Waals surface area contributed by atoms with Gasteiger partial charge in [-0.15, -0.1) is 0 Å². The second-order valence-corrected chi connectivity index (χ2v) is 7.06. The molecule has 1 aromatic rings. The number of likely N-dealkylation sites (N-methyl/N-ethyl adjacent to an activating group) is 1. The molecule has 2 aliphatic rings. The van der Waals surface area contributed by atoms with Crippen LogP contribution in [0.4, 0.5) is 4.79 Å². The van der Waals surface area contributed by atoms with Gasteiger partial charge in [-0.3, -0.25) is 9.69 Å². The van der Waals surface area contributed by atoms with E-state index in [0.717, 1.165) is 49.0 Å². The van der Waals surface area contributed by atoms with Gasteiger partial charge >= 0.3 is 6.03 Å². The number of rotatable bonds is 4. The SMILES string of the molecule is Cc1cc(C)cc(OCCN2C(=O)N(C)C3(CCCCC3)C2=O)c1. The molecule has 1 saturated carbocycles. The van der Waals surface area contributed by atoms with Gasteiger partial charge in [0.25, 0.3) is 5.91 Å². The van der Waals surface area contributed by atoms with Gasteiger partial charge in [-0.25, -0.2) is 4.79 Å². The fourth-order valence-electron chi connectivity index (χ4n) is 4.00. The van der Waals surface area contributed by atoms with Gasteiger partial charge in [0, 0.05) is 7.05 Å². The molecule has 5 nitrogen and oxygen atoms in total. The number of nitrogens with zero attached hydrogens (tertiary/aromatic N) is 2. The van der Waals surface area contributed by atoms with Gasteiger partial charge in [-0.2, -0.15) is 0 Å². The Morgan fingerprint density at radius 2 is 1.67 bits per heavy atom. The summed E-state index contributed by atoms with van der Waals surface area (Å²) in [6.07, 6.45) is 4.73. The monoisotopic (exact) mass is 330 g/mol. The first-order chi connectivity index (χ1) is 11.4. The molecule has 1 saturated heterocycles. The number of carbonyl (C=O) groups excluding carboxylic acids is 2. The largest absolute Gasteiger partial charge is 0.492 e. The summed E-state index contributed by atoms with van der Waals surface area (Å²) >= 11 is 0. The first-order valence-corrected chi connectivity index (χ1v) is 8.75. The van der Waals surface area contributed by atoms with E-state index in [2.05, 4.69) is 6.07 Å². The second kappa shape index (κ2) is 6.46. The summed E-state index contributed by atoms with van der Waals surface area (Å²) < 4.78 is 5.77. The molecule has 2 fully saturated rings. The third kappa shape index (κ3) is 2.87. The average molecular weight is 330 g/mol. The van der Waals surface area contributed by atoms with Gasteiger partial charge in [-0.05, 0) is 49.9 Å². The molecule has 5 heteroatoms. The van der Waals surface area contributed by atoms with Crippen LogP contribution < -0.4 is 4.74 Å². The van der Waals surface area contributed by atoms with Crippen LogP contribution in [0, 0.1) is 13.8 Å². The van der Waals surface area contributed by atoms with Crippen LogP contribution in [-0.4, -0.2) is 47.5 Å². The zero-order valence-electron chi connectivity index (χ0n) is 14.8. The highest BCUT2D eigenvalue weighted by Gasteiger charge is 2.55. The molecule has 0 radical (unpaired) electrons. The van der Waals surface area contributed by atoms with Crippen LogP contribution in [0.25, 0.3) is 0 Å². The first-order valence-electron chi connectivity index (χ1n) is 8.75. The number of hydrogen-bond acceptors (Lipinski definition) is 3. The Bertz CT molecular complexity index is 630. The highest BCUT2D eigenvalue weighted by Crippen LogP contribution is 2.39. The predicted molar refractivity (Wildman–Crippen MR) is 92.1 cm³/mol. The van der Waals surface area contributed by atoms with Crippen molar-refractivity contribution in [3.8, 4) is 5.75 Å². The molecule has 1 aliphatic carbocycles. The maximum atomic E-state index is 12.9. The van der Waals surface area contributed by atoms with Crippen molar-refractivity contribution < 1.29 is 14.3 Å². The third-order valence-electron chi connectivity index (χ3n) is 5.26.